The summed E-state index contributed by atoms with van der Waals surface area (Å²) in [4.78, 5) is 19.3. The van der Waals surface area contributed by atoms with Gasteiger partial charge in [0.2, 0.25) is 0 Å². The van der Waals surface area contributed by atoms with E-state index in [2.05, 4.69) is 43.4 Å². The summed E-state index contributed by atoms with van der Waals surface area (Å²) >= 11 is 0. The van der Waals surface area contributed by atoms with Crippen LogP contribution in [0.2, 0.25) is 0 Å². The molecule has 2 unspecified atom stereocenters. The molecule has 9 heteroatoms. The molecule has 32 heavy (non-hydrogen) atoms. The maximum absolute atomic E-state index is 12.7. The van der Waals surface area contributed by atoms with Crippen molar-refractivity contribution in [3.8, 4) is 0 Å². The van der Waals surface area contributed by atoms with E-state index in [-0.39, 0.29) is 42.2 Å². The van der Waals surface area contributed by atoms with Gasteiger partial charge in [0.05, 0.1) is 18.3 Å². The SMILES string of the molecule is CCNC(=NCC1CCCCN1C(=O)OC(C)(C)C)NC(C)Cc1c(C)nn(C)c1C.I. The number of hydrogen-bond acceptors (Lipinski definition) is 4. The minimum absolute atomic E-state index is 0. The topological polar surface area (TPSA) is 83.8 Å². The van der Waals surface area contributed by atoms with E-state index in [0.717, 1.165) is 50.4 Å². The van der Waals surface area contributed by atoms with E-state index in [0.29, 0.717) is 6.54 Å². The monoisotopic (exact) mass is 562 g/mol. The van der Waals surface area contributed by atoms with Gasteiger partial charge in [-0.2, -0.15) is 5.10 Å². The number of carbonyl (C=O) groups is 1. The second-order valence-corrected chi connectivity index (χ2v) is 9.57. The standard InChI is InChI=1S/C23H42N6O2.HI/c1-9-24-21(26-16(2)14-20-17(3)27-28(8)18(20)4)25-15-19-12-10-11-13-29(19)22(30)31-23(5,6)7;/h16,19H,9-15H2,1-8H3,(H2,24,25,26);1H. The highest BCUT2D eigenvalue weighted by Crippen LogP contribution is 2.21. The molecule has 2 atom stereocenters. The number of aromatic nitrogens is 2. The van der Waals surface area contributed by atoms with E-state index in [1.807, 2.05) is 37.4 Å². The van der Waals surface area contributed by atoms with E-state index < -0.39 is 5.60 Å². The maximum Gasteiger partial charge on any atom is 0.410 e. The van der Waals surface area contributed by atoms with Crippen molar-refractivity contribution in [1.29, 1.82) is 0 Å². The van der Waals surface area contributed by atoms with Gasteiger partial charge < -0.3 is 20.3 Å². The Kier molecular flexibility index (Phi) is 11.3. The summed E-state index contributed by atoms with van der Waals surface area (Å²) < 4.78 is 7.55. The Labute approximate surface area is 211 Å². The minimum Gasteiger partial charge on any atom is -0.444 e. The molecule has 0 aliphatic carbocycles. The summed E-state index contributed by atoms with van der Waals surface area (Å²) in [7, 11) is 1.98. The van der Waals surface area contributed by atoms with Crippen LogP contribution in [0.3, 0.4) is 0 Å². The Morgan fingerprint density at radius 1 is 1.31 bits per heavy atom. The number of nitrogens with one attached hydrogen (secondary N) is 2. The maximum atomic E-state index is 12.7. The number of ether oxygens (including phenoxy) is 1. The summed E-state index contributed by atoms with van der Waals surface area (Å²) in [6, 6.07) is 0.268. The van der Waals surface area contributed by atoms with Gasteiger partial charge in [0.1, 0.15) is 5.60 Å². The Morgan fingerprint density at radius 3 is 2.56 bits per heavy atom. The Morgan fingerprint density at radius 2 is 2.00 bits per heavy atom. The van der Waals surface area contributed by atoms with Gasteiger partial charge in [-0.15, -0.1) is 24.0 Å². The van der Waals surface area contributed by atoms with Gasteiger partial charge in [-0.3, -0.25) is 9.67 Å². The molecule has 0 bridgehead atoms. The number of guanidine groups is 1. The lowest BCUT2D eigenvalue weighted by molar-refractivity contribution is 0.0109. The molecule has 0 saturated carbocycles. The number of aryl methyl sites for hydroxylation is 2. The number of amides is 1. The van der Waals surface area contributed by atoms with Crippen LogP contribution >= 0.6 is 24.0 Å². The molecule has 184 valence electrons. The lowest BCUT2D eigenvalue weighted by Gasteiger charge is -2.36. The van der Waals surface area contributed by atoms with Crippen LogP contribution in [-0.4, -0.2) is 64.1 Å². The van der Waals surface area contributed by atoms with Crippen LogP contribution in [0.5, 0.6) is 0 Å². The summed E-state index contributed by atoms with van der Waals surface area (Å²) in [5, 5.41) is 11.4. The number of likely N-dealkylation sites (tertiary alicyclic amines) is 1. The number of rotatable bonds is 6. The Balaban J connectivity index is 0.00000512. The van der Waals surface area contributed by atoms with Crippen molar-refractivity contribution >= 4 is 36.0 Å². The van der Waals surface area contributed by atoms with E-state index >= 15 is 0 Å². The quantitative estimate of drug-likeness (QED) is 0.312. The van der Waals surface area contributed by atoms with Gasteiger partial charge in [-0.1, -0.05) is 0 Å². The van der Waals surface area contributed by atoms with Crippen molar-refractivity contribution in [3.63, 3.8) is 0 Å². The third kappa shape index (κ3) is 8.44. The highest BCUT2D eigenvalue weighted by molar-refractivity contribution is 14.0. The molecule has 1 amide bonds. The minimum atomic E-state index is -0.489. The molecular formula is C23H43IN6O2. The normalized spacial score (nSPS) is 18.1. The predicted molar refractivity (Wildman–Crippen MR) is 141 cm³/mol. The van der Waals surface area contributed by atoms with Gasteiger partial charge in [0.25, 0.3) is 0 Å². The number of piperidine rings is 1. The van der Waals surface area contributed by atoms with E-state index in [4.69, 9.17) is 9.73 Å². The fourth-order valence-electron chi connectivity index (χ4n) is 3.97. The molecule has 0 aromatic carbocycles. The molecule has 1 aromatic heterocycles. The average molecular weight is 563 g/mol. The fourth-order valence-corrected chi connectivity index (χ4v) is 3.97. The second kappa shape index (κ2) is 12.6. The van der Waals surface area contributed by atoms with Crippen molar-refractivity contribution in [2.45, 2.75) is 91.8 Å². The molecule has 1 saturated heterocycles. The Hall–Kier alpha value is -1.52. The van der Waals surface area contributed by atoms with E-state index in [1.165, 1.54) is 11.3 Å². The molecule has 0 spiro atoms. The molecule has 2 rings (SSSR count). The second-order valence-electron chi connectivity index (χ2n) is 9.57. The first-order chi connectivity index (χ1) is 14.5. The van der Waals surface area contributed by atoms with Crippen molar-refractivity contribution in [2.75, 3.05) is 19.6 Å². The first-order valence-electron chi connectivity index (χ1n) is 11.5. The number of halogens is 1. The van der Waals surface area contributed by atoms with Gasteiger partial charge >= 0.3 is 6.09 Å². The Bertz CT molecular complexity index is 771. The van der Waals surface area contributed by atoms with Gasteiger partial charge in [0.15, 0.2) is 5.96 Å². The first kappa shape index (κ1) is 28.5. The zero-order valence-corrected chi connectivity index (χ0v) is 23.4. The lowest BCUT2D eigenvalue weighted by Crippen LogP contribution is -2.48. The highest BCUT2D eigenvalue weighted by atomic mass is 127. The lowest BCUT2D eigenvalue weighted by atomic mass is 10.0. The summed E-state index contributed by atoms with van der Waals surface area (Å²) in [6.07, 6.45) is 3.72. The molecular weight excluding hydrogens is 519 g/mol. The molecule has 1 fully saturated rings. The molecule has 1 aliphatic heterocycles. The smallest absolute Gasteiger partial charge is 0.410 e. The zero-order chi connectivity index (χ0) is 23.2. The van der Waals surface area contributed by atoms with Crippen LogP contribution < -0.4 is 10.6 Å². The van der Waals surface area contributed by atoms with Gasteiger partial charge in [0, 0.05) is 31.9 Å². The molecule has 0 radical (unpaired) electrons. The van der Waals surface area contributed by atoms with Gasteiger partial charge in [-0.25, -0.2) is 4.79 Å². The largest absolute Gasteiger partial charge is 0.444 e. The van der Waals surface area contributed by atoms with Gasteiger partial charge in [-0.05, 0) is 79.7 Å². The molecule has 8 nitrogen and oxygen atoms in total. The number of hydrogen-bond donors (Lipinski definition) is 2. The summed E-state index contributed by atoms with van der Waals surface area (Å²) in [5.74, 6) is 0.781. The van der Waals surface area contributed by atoms with Crippen LogP contribution in [0.25, 0.3) is 0 Å². The first-order valence-corrected chi connectivity index (χ1v) is 11.5. The fraction of sp³-hybridized carbons (Fsp3) is 0.783. The highest BCUT2D eigenvalue weighted by Gasteiger charge is 2.30. The number of aliphatic imine (C=N–C) groups is 1. The molecule has 1 aromatic rings. The van der Waals surface area contributed by atoms with Crippen molar-refractivity contribution in [2.24, 2.45) is 12.0 Å². The van der Waals surface area contributed by atoms with E-state index in [9.17, 15) is 4.79 Å². The summed E-state index contributed by atoms with van der Waals surface area (Å²) in [6.45, 7) is 16.2. The van der Waals surface area contributed by atoms with Crippen LogP contribution in [0.4, 0.5) is 4.79 Å². The van der Waals surface area contributed by atoms with Crippen molar-refractivity contribution < 1.29 is 9.53 Å². The molecule has 2 heterocycles. The third-order valence-electron chi connectivity index (χ3n) is 5.61. The van der Waals surface area contributed by atoms with Crippen LogP contribution in [-0.2, 0) is 18.2 Å². The molecule has 2 N–H and O–H groups in total. The third-order valence-corrected chi connectivity index (χ3v) is 5.61. The number of nitrogens with zero attached hydrogens (tertiary/aromatic N) is 4. The van der Waals surface area contributed by atoms with Crippen LogP contribution in [0.1, 0.15) is 70.8 Å². The number of carbonyl (C=O) groups excluding carboxylic acids is 1. The predicted octanol–water partition coefficient (Wildman–Crippen LogP) is 3.93. The van der Waals surface area contributed by atoms with Crippen LogP contribution in [0, 0.1) is 13.8 Å². The molecule has 1 aliphatic rings. The zero-order valence-electron chi connectivity index (χ0n) is 21.1. The summed E-state index contributed by atoms with van der Waals surface area (Å²) in [5.41, 5.74) is 3.06. The van der Waals surface area contributed by atoms with Crippen molar-refractivity contribution in [1.82, 2.24) is 25.3 Å². The van der Waals surface area contributed by atoms with Crippen molar-refractivity contribution in [3.05, 3.63) is 17.0 Å². The van der Waals surface area contributed by atoms with Crippen LogP contribution in [0.15, 0.2) is 4.99 Å². The van der Waals surface area contributed by atoms with E-state index in [1.54, 1.807) is 0 Å². The average Bonchev–Trinajstić information content (AvgIpc) is 2.91.